The van der Waals surface area contributed by atoms with Gasteiger partial charge in [-0.25, -0.2) is 0 Å². The zero-order valence-corrected chi connectivity index (χ0v) is 18.5. The second kappa shape index (κ2) is 10.1. The Hall–Kier alpha value is -3.07. The fourth-order valence-corrected chi connectivity index (χ4v) is 3.09. The monoisotopic (exact) mass is 480 g/mol. The fourth-order valence-electron chi connectivity index (χ4n) is 2.64. The Bertz CT molecular complexity index is 1120. The van der Waals surface area contributed by atoms with Gasteiger partial charge in [-0.05, 0) is 61.0 Å². The van der Waals surface area contributed by atoms with Crippen LogP contribution < -0.4 is 10.1 Å². The second-order valence-electron chi connectivity index (χ2n) is 6.59. The number of halogens is 2. The molecule has 0 saturated carbocycles. The molecule has 0 atom stereocenters. The molecular weight excluding hydrogens is 464 g/mol. The number of carbonyl (C=O) groups is 1. The number of rotatable bonds is 6. The lowest BCUT2D eigenvalue weighted by Crippen LogP contribution is -2.13. The van der Waals surface area contributed by atoms with E-state index in [1.165, 1.54) is 6.08 Å². The van der Waals surface area contributed by atoms with Crippen molar-refractivity contribution in [3.8, 4) is 11.8 Å². The summed E-state index contributed by atoms with van der Waals surface area (Å²) in [5.74, 6) is 0.0263. The minimum atomic E-state index is -0.500. The molecule has 0 saturated heterocycles. The number of nitriles is 1. The van der Waals surface area contributed by atoms with Gasteiger partial charge in [-0.15, -0.1) is 0 Å². The summed E-state index contributed by atoms with van der Waals surface area (Å²) in [7, 11) is 0. The quantitative estimate of drug-likeness (QED) is 0.321. The van der Waals surface area contributed by atoms with Gasteiger partial charge in [0.1, 0.15) is 24.0 Å². The van der Waals surface area contributed by atoms with E-state index in [2.05, 4.69) is 21.2 Å². The molecular formula is C24H18BrClN2O2. The minimum absolute atomic E-state index is 0.0497. The summed E-state index contributed by atoms with van der Waals surface area (Å²) in [5.41, 5.74) is 3.18. The van der Waals surface area contributed by atoms with Gasteiger partial charge in [-0.1, -0.05) is 57.4 Å². The molecule has 0 fully saturated rings. The van der Waals surface area contributed by atoms with Crippen LogP contribution in [-0.2, 0) is 11.4 Å². The molecule has 3 aromatic carbocycles. The first-order valence-electron chi connectivity index (χ1n) is 9.11. The SMILES string of the molecule is Cc1ccc(NC(=O)/C(C#N)=C/c2cc(Cl)ccc2OCc2ccc(Br)cc2)cc1. The van der Waals surface area contributed by atoms with E-state index in [9.17, 15) is 10.1 Å². The minimum Gasteiger partial charge on any atom is -0.488 e. The summed E-state index contributed by atoms with van der Waals surface area (Å²) < 4.78 is 6.90. The van der Waals surface area contributed by atoms with Gasteiger partial charge >= 0.3 is 0 Å². The first kappa shape index (κ1) is 21.6. The van der Waals surface area contributed by atoms with Gasteiger partial charge in [-0.2, -0.15) is 5.26 Å². The van der Waals surface area contributed by atoms with Crippen LogP contribution in [0.2, 0.25) is 5.02 Å². The van der Waals surface area contributed by atoms with E-state index < -0.39 is 5.91 Å². The normalized spacial score (nSPS) is 10.9. The number of aryl methyl sites for hydroxylation is 1. The summed E-state index contributed by atoms with van der Waals surface area (Å²) in [6.07, 6.45) is 1.48. The highest BCUT2D eigenvalue weighted by molar-refractivity contribution is 9.10. The molecule has 1 amide bonds. The Labute approximate surface area is 188 Å². The molecule has 0 aliphatic carbocycles. The maximum atomic E-state index is 12.6. The molecule has 6 heteroatoms. The van der Waals surface area contributed by atoms with E-state index in [1.807, 2.05) is 49.4 Å². The van der Waals surface area contributed by atoms with Gasteiger partial charge in [0, 0.05) is 20.7 Å². The zero-order valence-electron chi connectivity index (χ0n) is 16.2. The van der Waals surface area contributed by atoms with Gasteiger partial charge in [-0.3, -0.25) is 4.79 Å². The third kappa shape index (κ3) is 5.96. The lowest BCUT2D eigenvalue weighted by molar-refractivity contribution is -0.112. The third-order valence-electron chi connectivity index (χ3n) is 4.25. The maximum absolute atomic E-state index is 12.6. The summed E-state index contributed by atoms with van der Waals surface area (Å²) in [4.78, 5) is 12.6. The first-order chi connectivity index (χ1) is 14.4. The van der Waals surface area contributed by atoms with E-state index in [-0.39, 0.29) is 5.57 Å². The highest BCUT2D eigenvalue weighted by Gasteiger charge is 2.12. The van der Waals surface area contributed by atoms with Crippen LogP contribution in [0.3, 0.4) is 0 Å². The summed E-state index contributed by atoms with van der Waals surface area (Å²) >= 11 is 9.53. The number of carbonyl (C=O) groups excluding carboxylic acids is 1. The highest BCUT2D eigenvalue weighted by atomic mass is 79.9. The van der Waals surface area contributed by atoms with Crippen molar-refractivity contribution >= 4 is 45.2 Å². The fraction of sp³-hybridized carbons (Fsp3) is 0.0833. The van der Waals surface area contributed by atoms with Crippen molar-refractivity contribution in [3.05, 3.63) is 98.5 Å². The van der Waals surface area contributed by atoms with Crippen LogP contribution in [0.1, 0.15) is 16.7 Å². The Morgan fingerprint density at radius 1 is 1.13 bits per heavy atom. The van der Waals surface area contributed by atoms with Crippen molar-refractivity contribution in [3.63, 3.8) is 0 Å². The molecule has 150 valence electrons. The van der Waals surface area contributed by atoms with Crippen LogP contribution in [0, 0.1) is 18.3 Å². The topological polar surface area (TPSA) is 62.1 Å². The van der Waals surface area contributed by atoms with Gasteiger partial charge in [0.05, 0.1) is 0 Å². The molecule has 3 rings (SSSR count). The van der Waals surface area contributed by atoms with E-state index in [1.54, 1.807) is 30.3 Å². The van der Waals surface area contributed by atoms with E-state index in [4.69, 9.17) is 16.3 Å². The maximum Gasteiger partial charge on any atom is 0.266 e. The number of nitrogens with zero attached hydrogens (tertiary/aromatic N) is 1. The number of amides is 1. The predicted molar refractivity (Wildman–Crippen MR) is 123 cm³/mol. The average Bonchev–Trinajstić information content (AvgIpc) is 2.74. The lowest BCUT2D eigenvalue weighted by atomic mass is 10.1. The van der Waals surface area contributed by atoms with Crippen LogP contribution in [0.4, 0.5) is 5.69 Å². The molecule has 3 aromatic rings. The van der Waals surface area contributed by atoms with Crippen molar-refractivity contribution in [1.82, 2.24) is 0 Å². The molecule has 0 spiro atoms. The van der Waals surface area contributed by atoms with Crippen molar-refractivity contribution in [1.29, 1.82) is 5.26 Å². The number of benzene rings is 3. The largest absolute Gasteiger partial charge is 0.488 e. The van der Waals surface area contributed by atoms with Gasteiger partial charge in [0.15, 0.2) is 0 Å². The van der Waals surface area contributed by atoms with Crippen LogP contribution in [0.5, 0.6) is 5.75 Å². The molecule has 30 heavy (non-hydrogen) atoms. The summed E-state index contributed by atoms with van der Waals surface area (Å²) in [5, 5.41) is 12.7. The van der Waals surface area contributed by atoms with Gasteiger partial charge in [0.25, 0.3) is 5.91 Å². The Kier molecular flexibility index (Phi) is 7.29. The zero-order chi connectivity index (χ0) is 21.5. The van der Waals surface area contributed by atoms with Crippen LogP contribution in [-0.4, -0.2) is 5.91 Å². The Morgan fingerprint density at radius 3 is 2.50 bits per heavy atom. The molecule has 0 aliphatic heterocycles. The molecule has 0 aromatic heterocycles. The van der Waals surface area contributed by atoms with Crippen LogP contribution in [0.25, 0.3) is 6.08 Å². The van der Waals surface area contributed by atoms with Crippen LogP contribution in [0.15, 0.2) is 76.8 Å². The molecule has 0 aliphatic rings. The second-order valence-corrected chi connectivity index (χ2v) is 7.94. The summed E-state index contributed by atoms with van der Waals surface area (Å²) in [6.45, 7) is 2.30. The number of hydrogen-bond acceptors (Lipinski definition) is 3. The summed E-state index contributed by atoms with van der Waals surface area (Å²) in [6, 6.07) is 22.2. The van der Waals surface area contributed by atoms with E-state index in [0.717, 1.165) is 15.6 Å². The van der Waals surface area contributed by atoms with Crippen molar-refractivity contribution in [2.45, 2.75) is 13.5 Å². The Balaban J connectivity index is 1.81. The van der Waals surface area contributed by atoms with Gasteiger partial charge < -0.3 is 10.1 Å². The van der Waals surface area contributed by atoms with Crippen molar-refractivity contribution in [2.24, 2.45) is 0 Å². The highest BCUT2D eigenvalue weighted by Crippen LogP contribution is 2.27. The number of hydrogen-bond donors (Lipinski definition) is 1. The van der Waals surface area contributed by atoms with Crippen molar-refractivity contribution < 1.29 is 9.53 Å². The first-order valence-corrected chi connectivity index (χ1v) is 10.3. The number of nitrogens with one attached hydrogen (secondary N) is 1. The Morgan fingerprint density at radius 2 is 1.83 bits per heavy atom. The average molecular weight is 482 g/mol. The third-order valence-corrected chi connectivity index (χ3v) is 5.02. The smallest absolute Gasteiger partial charge is 0.266 e. The molecule has 0 radical (unpaired) electrons. The number of anilines is 1. The molecule has 0 unspecified atom stereocenters. The molecule has 0 bridgehead atoms. The molecule has 4 nitrogen and oxygen atoms in total. The predicted octanol–water partition coefficient (Wildman–Crippen LogP) is 6.54. The standard InChI is InChI=1S/C24H18BrClN2O2/c1-16-2-9-22(10-3-16)28-24(29)19(14-27)12-18-13-21(26)8-11-23(18)30-15-17-4-6-20(25)7-5-17/h2-13H,15H2,1H3,(H,28,29)/b19-12+. The van der Waals surface area contributed by atoms with E-state index in [0.29, 0.717) is 28.6 Å². The molecule has 0 heterocycles. The van der Waals surface area contributed by atoms with Gasteiger partial charge in [0.2, 0.25) is 0 Å². The number of ether oxygens (including phenoxy) is 1. The van der Waals surface area contributed by atoms with Crippen molar-refractivity contribution in [2.75, 3.05) is 5.32 Å². The van der Waals surface area contributed by atoms with E-state index >= 15 is 0 Å². The van der Waals surface area contributed by atoms with Crippen LogP contribution >= 0.6 is 27.5 Å². The lowest BCUT2D eigenvalue weighted by Gasteiger charge is -2.11. The molecule has 1 N–H and O–H groups in total.